The summed E-state index contributed by atoms with van der Waals surface area (Å²) in [6, 6.07) is 6.65. The zero-order valence-corrected chi connectivity index (χ0v) is 10.2. The van der Waals surface area contributed by atoms with Gasteiger partial charge in [0.05, 0.1) is 24.8 Å². The summed E-state index contributed by atoms with van der Waals surface area (Å²) in [6.07, 6.45) is -1.82. The maximum Gasteiger partial charge on any atom is 0.124 e. The van der Waals surface area contributed by atoms with Crippen LogP contribution >= 0.6 is 11.6 Å². The van der Waals surface area contributed by atoms with Crippen molar-refractivity contribution in [3.05, 3.63) is 29.3 Å². The van der Waals surface area contributed by atoms with Gasteiger partial charge < -0.3 is 14.9 Å². The third kappa shape index (κ3) is 3.34. The van der Waals surface area contributed by atoms with Crippen LogP contribution in [0.25, 0.3) is 0 Å². The summed E-state index contributed by atoms with van der Waals surface area (Å²) in [5.74, 6) is 0.684. The number of hydrogen-bond acceptors (Lipinski definition) is 4. The molecule has 1 rings (SSSR count). The Morgan fingerprint density at radius 2 is 2.18 bits per heavy atom. The lowest BCUT2D eigenvalue weighted by atomic mass is 9.99. The second kappa shape index (κ2) is 6.45. The number of alkyl halides is 1. The quantitative estimate of drug-likeness (QED) is 0.784. The Balaban J connectivity index is 3.05. The molecule has 0 spiro atoms. The molecule has 0 saturated carbocycles. The molecule has 0 aliphatic rings. The lowest BCUT2D eigenvalue weighted by molar-refractivity contribution is 0.0156. The molecule has 17 heavy (non-hydrogen) atoms. The van der Waals surface area contributed by atoms with Gasteiger partial charge in [-0.25, -0.2) is 0 Å². The standard InChI is InChI=1S/C12H14ClNO3/c1-17-11-3-2-8(7-14)6-9(11)12(16)10(15)4-5-13/h2-3,6,10,12,15-16H,4-5H2,1H3. The summed E-state index contributed by atoms with van der Waals surface area (Å²) in [5, 5.41) is 28.4. The van der Waals surface area contributed by atoms with Gasteiger partial charge in [0.1, 0.15) is 11.9 Å². The number of rotatable bonds is 5. The first-order chi connectivity index (χ1) is 8.13. The molecule has 0 radical (unpaired) electrons. The van der Waals surface area contributed by atoms with Crippen molar-refractivity contribution in [1.29, 1.82) is 5.26 Å². The minimum atomic E-state index is -1.11. The number of ether oxygens (including phenoxy) is 1. The van der Waals surface area contributed by atoms with Crippen molar-refractivity contribution in [3.8, 4) is 11.8 Å². The van der Waals surface area contributed by atoms with E-state index in [0.29, 0.717) is 16.9 Å². The molecule has 5 heteroatoms. The van der Waals surface area contributed by atoms with Crippen LogP contribution in [0.3, 0.4) is 0 Å². The molecule has 0 amide bonds. The van der Waals surface area contributed by atoms with Gasteiger partial charge in [0.2, 0.25) is 0 Å². The maximum absolute atomic E-state index is 9.95. The number of aliphatic hydroxyl groups is 2. The molecular formula is C12H14ClNO3. The zero-order valence-electron chi connectivity index (χ0n) is 9.43. The molecule has 0 aromatic heterocycles. The fourth-order valence-corrected chi connectivity index (χ4v) is 1.74. The molecule has 1 aromatic carbocycles. The van der Waals surface area contributed by atoms with Crippen molar-refractivity contribution < 1.29 is 14.9 Å². The van der Waals surface area contributed by atoms with E-state index in [4.69, 9.17) is 21.6 Å². The van der Waals surface area contributed by atoms with Crippen molar-refractivity contribution in [1.82, 2.24) is 0 Å². The molecular weight excluding hydrogens is 242 g/mol. The molecule has 0 saturated heterocycles. The van der Waals surface area contributed by atoms with E-state index >= 15 is 0 Å². The van der Waals surface area contributed by atoms with Crippen molar-refractivity contribution in [3.63, 3.8) is 0 Å². The highest BCUT2D eigenvalue weighted by Gasteiger charge is 2.21. The number of benzene rings is 1. The first-order valence-electron chi connectivity index (χ1n) is 5.14. The molecule has 0 fully saturated rings. The average molecular weight is 256 g/mol. The predicted molar refractivity (Wildman–Crippen MR) is 64.0 cm³/mol. The topological polar surface area (TPSA) is 73.5 Å². The van der Waals surface area contributed by atoms with E-state index in [1.165, 1.54) is 13.2 Å². The summed E-state index contributed by atoms with van der Waals surface area (Å²) in [4.78, 5) is 0. The maximum atomic E-state index is 9.95. The van der Waals surface area contributed by atoms with Gasteiger partial charge >= 0.3 is 0 Å². The Morgan fingerprint density at radius 3 is 2.71 bits per heavy atom. The first kappa shape index (κ1) is 13.8. The van der Waals surface area contributed by atoms with Crippen LogP contribution in [0.4, 0.5) is 0 Å². The number of hydrogen-bond donors (Lipinski definition) is 2. The number of halogens is 1. The number of methoxy groups -OCH3 is 1. The summed E-state index contributed by atoms with van der Waals surface area (Å²) in [7, 11) is 1.46. The molecule has 0 bridgehead atoms. The van der Waals surface area contributed by atoms with Crippen LogP contribution in [-0.4, -0.2) is 29.3 Å². The zero-order chi connectivity index (χ0) is 12.8. The first-order valence-corrected chi connectivity index (χ1v) is 5.67. The van der Waals surface area contributed by atoms with E-state index in [1.54, 1.807) is 12.1 Å². The van der Waals surface area contributed by atoms with E-state index in [0.717, 1.165) is 0 Å². The summed E-state index contributed by atoms with van der Waals surface area (Å²) >= 11 is 5.51. The molecule has 0 heterocycles. The average Bonchev–Trinajstić information content (AvgIpc) is 2.37. The van der Waals surface area contributed by atoms with Gasteiger partial charge in [0.25, 0.3) is 0 Å². The summed E-state index contributed by atoms with van der Waals surface area (Å²) in [6.45, 7) is 0. The van der Waals surface area contributed by atoms with Gasteiger partial charge in [-0.05, 0) is 24.6 Å². The molecule has 4 nitrogen and oxygen atoms in total. The Kier molecular flexibility index (Phi) is 5.23. The predicted octanol–water partition coefficient (Wildman–Crippen LogP) is 1.59. The summed E-state index contributed by atoms with van der Waals surface area (Å²) < 4.78 is 5.08. The lowest BCUT2D eigenvalue weighted by Gasteiger charge is -2.19. The second-order valence-corrected chi connectivity index (χ2v) is 3.94. The molecule has 0 aliphatic heterocycles. The van der Waals surface area contributed by atoms with Crippen LogP contribution < -0.4 is 4.74 Å². The van der Waals surface area contributed by atoms with E-state index in [9.17, 15) is 10.2 Å². The highest BCUT2D eigenvalue weighted by atomic mass is 35.5. The highest BCUT2D eigenvalue weighted by Crippen LogP contribution is 2.29. The third-order valence-electron chi connectivity index (χ3n) is 2.45. The smallest absolute Gasteiger partial charge is 0.124 e. The van der Waals surface area contributed by atoms with Crippen LogP contribution in [0.2, 0.25) is 0 Å². The van der Waals surface area contributed by atoms with Crippen LogP contribution in [0.5, 0.6) is 5.75 Å². The Hall–Kier alpha value is -1.28. The number of nitrogens with zero attached hydrogens (tertiary/aromatic N) is 1. The normalized spacial score (nSPS) is 13.8. The Bertz CT molecular complexity index is 417. The van der Waals surface area contributed by atoms with Gasteiger partial charge in [-0.1, -0.05) is 0 Å². The minimum Gasteiger partial charge on any atom is -0.496 e. The van der Waals surface area contributed by atoms with Gasteiger partial charge in [-0.3, -0.25) is 0 Å². The Morgan fingerprint density at radius 1 is 1.47 bits per heavy atom. The fourth-order valence-electron chi connectivity index (χ4n) is 1.51. The van der Waals surface area contributed by atoms with Crippen molar-refractivity contribution in [2.75, 3.05) is 13.0 Å². The molecule has 0 aliphatic carbocycles. The van der Waals surface area contributed by atoms with Crippen molar-refractivity contribution >= 4 is 11.6 Å². The molecule has 2 N–H and O–H groups in total. The Labute approximate surface area is 105 Å². The molecule has 2 atom stereocenters. The second-order valence-electron chi connectivity index (χ2n) is 3.56. The van der Waals surface area contributed by atoms with E-state index in [2.05, 4.69) is 0 Å². The van der Waals surface area contributed by atoms with Crippen molar-refractivity contribution in [2.45, 2.75) is 18.6 Å². The molecule has 92 valence electrons. The van der Waals surface area contributed by atoms with Gasteiger partial charge in [0, 0.05) is 11.4 Å². The minimum absolute atomic E-state index is 0.248. The SMILES string of the molecule is COc1ccc(C#N)cc1C(O)C(O)CCCl. The molecule has 1 aromatic rings. The van der Waals surface area contributed by atoms with Gasteiger partial charge in [0.15, 0.2) is 0 Å². The monoisotopic (exact) mass is 255 g/mol. The van der Waals surface area contributed by atoms with Crippen LogP contribution in [-0.2, 0) is 0 Å². The fraction of sp³-hybridized carbons (Fsp3) is 0.417. The number of nitriles is 1. The highest BCUT2D eigenvalue weighted by molar-refractivity contribution is 6.17. The van der Waals surface area contributed by atoms with Crippen LogP contribution in [0, 0.1) is 11.3 Å². The van der Waals surface area contributed by atoms with Crippen LogP contribution in [0.1, 0.15) is 23.7 Å². The third-order valence-corrected chi connectivity index (χ3v) is 2.67. The van der Waals surface area contributed by atoms with Crippen molar-refractivity contribution in [2.24, 2.45) is 0 Å². The van der Waals surface area contributed by atoms with E-state index < -0.39 is 12.2 Å². The van der Waals surface area contributed by atoms with Gasteiger partial charge in [-0.2, -0.15) is 5.26 Å². The largest absolute Gasteiger partial charge is 0.496 e. The van der Waals surface area contributed by atoms with Gasteiger partial charge in [-0.15, -0.1) is 11.6 Å². The van der Waals surface area contributed by atoms with E-state index in [-0.39, 0.29) is 12.3 Å². The lowest BCUT2D eigenvalue weighted by Crippen LogP contribution is -2.19. The molecule has 2 unspecified atom stereocenters. The van der Waals surface area contributed by atoms with Crippen LogP contribution in [0.15, 0.2) is 18.2 Å². The number of aliphatic hydroxyl groups excluding tert-OH is 2. The summed E-state index contributed by atoms with van der Waals surface area (Å²) in [5.41, 5.74) is 0.794. The van der Waals surface area contributed by atoms with E-state index in [1.807, 2.05) is 6.07 Å².